The number of carbonyl (C=O) groups excluding carboxylic acids is 4. The molecule has 0 aliphatic heterocycles. The topological polar surface area (TPSA) is 237 Å². The molecule has 0 rings (SSSR count). The molecule has 0 spiro atoms. The molecule has 0 saturated carbocycles. The maximum atomic E-state index is 13.1. The predicted octanol–water partition coefficient (Wildman–Crippen LogP) is 22.4. The minimum atomic E-state index is -5.01. The second-order valence-corrected chi connectivity index (χ2v) is 28.1. The second kappa shape index (κ2) is 74.0. The lowest BCUT2D eigenvalue weighted by molar-refractivity contribution is -0.161. The molecule has 0 aliphatic rings. The minimum absolute atomic E-state index is 0.0865. The van der Waals surface area contributed by atoms with Crippen LogP contribution in [0.15, 0.2) is 158 Å². The minimum Gasteiger partial charge on any atom is -0.462 e. The van der Waals surface area contributed by atoms with E-state index in [0.29, 0.717) is 25.7 Å². The van der Waals surface area contributed by atoms with Crippen molar-refractivity contribution in [2.45, 2.75) is 303 Å². The Balaban J connectivity index is 5.42. The van der Waals surface area contributed by atoms with E-state index in [1.54, 1.807) is 12.2 Å². The number of carbonyl (C=O) groups is 4. The van der Waals surface area contributed by atoms with E-state index >= 15 is 0 Å². The van der Waals surface area contributed by atoms with Gasteiger partial charge in [-0.15, -0.1) is 0 Å². The van der Waals surface area contributed by atoms with Gasteiger partial charge in [-0.2, -0.15) is 0 Å². The van der Waals surface area contributed by atoms with Crippen LogP contribution in [-0.4, -0.2) is 96.7 Å². The van der Waals surface area contributed by atoms with E-state index in [1.807, 2.05) is 12.2 Å². The summed E-state index contributed by atoms with van der Waals surface area (Å²) in [5.74, 6) is -2.37. The molecule has 0 fully saturated rings. The lowest BCUT2D eigenvalue weighted by Gasteiger charge is -2.21. The van der Waals surface area contributed by atoms with E-state index in [4.69, 9.17) is 37.0 Å². The zero-order chi connectivity index (χ0) is 74.6. The molecule has 19 heteroatoms. The SMILES string of the molecule is CC/C=C\C/C=C\C/C=C\C/C=C\C/C=C\CC(=O)OC(COC(=O)CCCCCC/C=C\C/C=C\C/C=C\C/C=C\CC)COP(=O)(O)OCC(O)COP(=O)(O)OCC(COC(=O)CCCCCCCC/C=C\C/C=C\C/C=C\C/C=C\CC)OC(=O)CCCCCCCCCCCCC. The predicted molar refractivity (Wildman–Crippen MR) is 417 cm³/mol. The Kier molecular flexibility index (Phi) is 70.1. The fourth-order valence-corrected chi connectivity index (χ4v) is 11.3. The van der Waals surface area contributed by atoms with Crippen LogP contribution >= 0.6 is 15.6 Å². The van der Waals surface area contributed by atoms with Gasteiger partial charge in [0, 0.05) is 19.3 Å². The summed E-state index contributed by atoms with van der Waals surface area (Å²) in [5.41, 5.74) is 0. The van der Waals surface area contributed by atoms with Crippen LogP contribution in [0.25, 0.3) is 0 Å². The summed E-state index contributed by atoms with van der Waals surface area (Å²) >= 11 is 0. The maximum absolute atomic E-state index is 13.1. The third kappa shape index (κ3) is 73.0. The molecule has 5 atom stereocenters. The summed E-state index contributed by atoms with van der Waals surface area (Å²) in [5, 5.41) is 10.6. The van der Waals surface area contributed by atoms with Crippen LogP contribution in [-0.2, 0) is 65.4 Å². The highest BCUT2D eigenvalue weighted by molar-refractivity contribution is 7.47. The van der Waals surface area contributed by atoms with Gasteiger partial charge in [0.2, 0.25) is 0 Å². The number of hydrogen-bond donors (Lipinski definition) is 3. The molecule has 5 unspecified atom stereocenters. The molecule has 0 aliphatic carbocycles. The summed E-state index contributed by atoms with van der Waals surface area (Å²) in [7, 11) is -10.00. The van der Waals surface area contributed by atoms with Gasteiger partial charge >= 0.3 is 39.5 Å². The van der Waals surface area contributed by atoms with Crippen molar-refractivity contribution in [2.75, 3.05) is 39.6 Å². The average Bonchev–Trinajstić information content (AvgIpc) is 0.925. The van der Waals surface area contributed by atoms with Gasteiger partial charge in [-0.3, -0.25) is 37.3 Å². The molecule has 0 aromatic carbocycles. The number of hydrogen-bond acceptors (Lipinski definition) is 15. The second-order valence-electron chi connectivity index (χ2n) is 25.2. The van der Waals surface area contributed by atoms with Gasteiger partial charge < -0.3 is 33.8 Å². The van der Waals surface area contributed by atoms with E-state index in [2.05, 4.69) is 161 Å². The first-order valence-electron chi connectivity index (χ1n) is 38.7. The molecule has 0 aromatic heterocycles. The zero-order valence-electron chi connectivity index (χ0n) is 63.2. The molecule has 3 N–H and O–H groups in total. The first-order chi connectivity index (χ1) is 49.7. The third-order valence-electron chi connectivity index (χ3n) is 15.5. The lowest BCUT2D eigenvalue weighted by Crippen LogP contribution is -2.30. The monoisotopic (exact) mass is 1470 g/mol. The highest BCUT2D eigenvalue weighted by atomic mass is 31.2. The number of phosphoric acid groups is 2. The number of aliphatic hydroxyl groups is 1. The molecule has 17 nitrogen and oxygen atoms in total. The van der Waals surface area contributed by atoms with Crippen molar-refractivity contribution in [3.05, 3.63) is 158 Å². The number of esters is 4. The average molecular weight is 1470 g/mol. The Morgan fingerprint density at radius 2 is 0.549 bits per heavy atom. The summed E-state index contributed by atoms with van der Waals surface area (Å²) in [6, 6.07) is 0. The van der Waals surface area contributed by atoms with Gasteiger partial charge in [-0.1, -0.05) is 288 Å². The van der Waals surface area contributed by atoms with E-state index < -0.39 is 97.5 Å². The molecular weight excluding hydrogens is 1330 g/mol. The highest BCUT2D eigenvalue weighted by Crippen LogP contribution is 2.45. The van der Waals surface area contributed by atoms with Gasteiger partial charge in [-0.25, -0.2) is 9.13 Å². The van der Waals surface area contributed by atoms with Crippen molar-refractivity contribution < 1.29 is 80.2 Å². The fourth-order valence-electron chi connectivity index (χ4n) is 9.75. The first kappa shape index (κ1) is 96.7. The van der Waals surface area contributed by atoms with Crippen molar-refractivity contribution in [1.29, 1.82) is 0 Å². The number of allylic oxidation sites excluding steroid dienone is 25. The van der Waals surface area contributed by atoms with E-state index in [-0.39, 0.29) is 25.7 Å². The van der Waals surface area contributed by atoms with Crippen LogP contribution in [0, 0.1) is 0 Å². The lowest BCUT2D eigenvalue weighted by atomic mass is 10.1. The third-order valence-corrected chi connectivity index (χ3v) is 17.4. The number of rotatable bonds is 71. The standard InChI is InChI=1S/C83H136O17P2/c1-5-9-13-17-21-25-29-32-35-37-38-40-43-45-49-52-56-60-64-68-80(85)93-73-78(99-82(87)69-65-61-57-53-47-28-24-20-16-12-8-4)75-97-101(89,90)95-71-77(84)72-96-102(91,92)98-76-79(100-83(88)70-66-62-58-54-50-46-41-34-31-27-23-19-15-11-7-3)74-94-81(86)67-63-59-55-51-48-44-42-39-36-33-30-26-22-18-14-10-6-2/h9-11,13-15,21-23,25-27,32-36,38,40-42,44,50,54,62,66,77-79,84H,5-8,12,16-20,24,28-31,37,39,43,45-49,51-53,55-61,63-65,67-76H2,1-4H3,(H,89,90)(H,91,92)/b13-9-,14-10-,15-11-,25-21-,26-22-,27-23-,35-32-,36-33-,40-38-,41-34-,44-42-,54-50-,66-62-. The van der Waals surface area contributed by atoms with Gasteiger partial charge in [-0.05, 0) is 128 Å². The van der Waals surface area contributed by atoms with E-state index in [1.165, 1.54) is 38.5 Å². The zero-order valence-corrected chi connectivity index (χ0v) is 65.0. The summed E-state index contributed by atoms with van der Waals surface area (Å²) in [6.45, 7) is 4.35. The summed E-state index contributed by atoms with van der Waals surface area (Å²) in [4.78, 5) is 72.8. The first-order valence-corrected chi connectivity index (χ1v) is 41.7. The van der Waals surface area contributed by atoms with Gasteiger partial charge in [0.05, 0.1) is 32.8 Å². The van der Waals surface area contributed by atoms with Crippen molar-refractivity contribution >= 4 is 39.5 Å². The molecule has 0 bridgehead atoms. The molecule has 580 valence electrons. The Morgan fingerprint density at radius 1 is 0.294 bits per heavy atom. The molecule has 0 amide bonds. The van der Waals surface area contributed by atoms with Crippen molar-refractivity contribution in [3.63, 3.8) is 0 Å². The molecule has 0 heterocycles. The summed E-state index contributed by atoms with van der Waals surface area (Å²) < 4.78 is 68.3. The Labute approximate surface area is 617 Å². The van der Waals surface area contributed by atoms with Crippen LogP contribution in [0.1, 0.15) is 285 Å². The highest BCUT2D eigenvalue weighted by Gasteiger charge is 2.30. The molecule has 102 heavy (non-hydrogen) atoms. The number of unbranched alkanes of at least 4 members (excludes halogenated alkanes) is 20. The Hall–Kier alpha value is -5.32. The Morgan fingerprint density at radius 3 is 0.873 bits per heavy atom. The van der Waals surface area contributed by atoms with Crippen LogP contribution in [0.2, 0.25) is 0 Å². The van der Waals surface area contributed by atoms with Crippen LogP contribution in [0.4, 0.5) is 0 Å². The van der Waals surface area contributed by atoms with Crippen molar-refractivity contribution in [2.24, 2.45) is 0 Å². The quantitative estimate of drug-likeness (QED) is 0.0169. The Bertz CT molecular complexity index is 2550. The van der Waals surface area contributed by atoms with Crippen molar-refractivity contribution in [1.82, 2.24) is 0 Å². The molecule has 0 radical (unpaired) electrons. The fraction of sp³-hybridized carbons (Fsp3) is 0.639. The number of phosphoric ester groups is 2. The van der Waals surface area contributed by atoms with Crippen molar-refractivity contribution in [3.8, 4) is 0 Å². The number of ether oxygens (including phenoxy) is 4. The van der Waals surface area contributed by atoms with E-state index in [0.717, 1.165) is 167 Å². The van der Waals surface area contributed by atoms with Gasteiger partial charge in [0.1, 0.15) is 19.3 Å². The smallest absolute Gasteiger partial charge is 0.462 e. The van der Waals surface area contributed by atoms with Crippen LogP contribution in [0.5, 0.6) is 0 Å². The van der Waals surface area contributed by atoms with Crippen LogP contribution < -0.4 is 0 Å². The van der Waals surface area contributed by atoms with Crippen LogP contribution in [0.3, 0.4) is 0 Å². The van der Waals surface area contributed by atoms with Gasteiger partial charge in [0.15, 0.2) is 12.2 Å². The molecule has 0 saturated heterocycles. The number of aliphatic hydroxyl groups excluding tert-OH is 1. The van der Waals surface area contributed by atoms with Gasteiger partial charge in [0.25, 0.3) is 0 Å². The van der Waals surface area contributed by atoms with E-state index in [9.17, 15) is 43.2 Å². The molecular formula is C83H136O17P2. The molecule has 0 aromatic rings. The largest absolute Gasteiger partial charge is 0.472 e. The normalized spacial score (nSPS) is 14.8. The maximum Gasteiger partial charge on any atom is 0.472 e. The summed E-state index contributed by atoms with van der Waals surface area (Å²) in [6.07, 6.45) is 85.5.